The van der Waals surface area contributed by atoms with Gasteiger partial charge < -0.3 is 23.8 Å². The number of sulfonamides is 1. The third kappa shape index (κ3) is 5.13. The summed E-state index contributed by atoms with van der Waals surface area (Å²) in [6.07, 6.45) is 2.17. The van der Waals surface area contributed by atoms with Crippen molar-refractivity contribution in [3.63, 3.8) is 0 Å². The van der Waals surface area contributed by atoms with Crippen molar-refractivity contribution in [2.45, 2.75) is 31.4 Å². The summed E-state index contributed by atoms with van der Waals surface area (Å²) in [5, 5.41) is 2.43. The zero-order valence-electron chi connectivity index (χ0n) is 18.7. The third-order valence-corrected chi connectivity index (χ3v) is 7.25. The van der Waals surface area contributed by atoms with Gasteiger partial charge >= 0.3 is 5.97 Å². The molecule has 1 fully saturated rings. The first kappa shape index (κ1) is 23.9. The minimum absolute atomic E-state index is 0.0976. The Hall–Kier alpha value is -3.22. The standard InChI is InChI=1S/C22H26N4O7S/c1-2-7-26-18-6-5-16(34(29,30)25-8-11-31-12-9-25)13-17(18)24-20(26)15-33-21(27)14-23-22(28)19-4-3-10-32-19/h3-6,10,13H,2,7-9,11-12,14-15H2,1H3,(H,23,28). The van der Waals surface area contributed by atoms with Gasteiger partial charge in [0.1, 0.15) is 19.0 Å². The second-order valence-corrected chi connectivity index (χ2v) is 9.61. The fourth-order valence-corrected chi connectivity index (χ4v) is 5.11. The van der Waals surface area contributed by atoms with Crippen LogP contribution in [0.3, 0.4) is 0 Å². The first-order valence-corrected chi connectivity index (χ1v) is 12.4. The molecular formula is C22H26N4O7S. The topological polar surface area (TPSA) is 133 Å². The number of furan rings is 1. The van der Waals surface area contributed by atoms with Crippen LogP contribution in [0.2, 0.25) is 0 Å². The number of benzene rings is 1. The van der Waals surface area contributed by atoms with Crippen molar-refractivity contribution >= 4 is 32.9 Å². The molecule has 1 amide bonds. The van der Waals surface area contributed by atoms with E-state index in [-0.39, 0.29) is 23.8 Å². The van der Waals surface area contributed by atoms with Gasteiger partial charge in [0, 0.05) is 19.6 Å². The lowest BCUT2D eigenvalue weighted by atomic mass is 10.3. The van der Waals surface area contributed by atoms with Crippen LogP contribution in [-0.2, 0) is 37.4 Å². The Morgan fingerprint density at radius 3 is 2.71 bits per heavy atom. The summed E-state index contributed by atoms with van der Waals surface area (Å²) in [5.74, 6) is -0.566. The van der Waals surface area contributed by atoms with E-state index in [1.165, 1.54) is 16.6 Å². The average Bonchev–Trinajstić information content (AvgIpc) is 3.50. The maximum atomic E-state index is 13.0. The quantitative estimate of drug-likeness (QED) is 0.447. The molecule has 0 atom stereocenters. The molecule has 1 aromatic carbocycles. The molecule has 0 unspecified atom stereocenters. The number of hydrogen-bond donors (Lipinski definition) is 1. The SMILES string of the molecule is CCCn1c(COC(=O)CNC(=O)c2ccco2)nc2cc(S(=O)(=O)N3CCOCC3)ccc21. The minimum Gasteiger partial charge on any atom is -0.459 e. The van der Waals surface area contributed by atoms with Crippen LogP contribution in [0.25, 0.3) is 11.0 Å². The Balaban J connectivity index is 1.47. The summed E-state index contributed by atoms with van der Waals surface area (Å²) in [5.41, 5.74) is 1.25. The van der Waals surface area contributed by atoms with Gasteiger partial charge in [0.05, 0.1) is 35.4 Å². The van der Waals surface area contributed by atoms with Crippen LogP contribution in [0.15, 0.2) is 45.9 Å². The predicted molar refractivity (Wildman–Crippen MR) is 120 cm³/mol. The molecule has 12 heteroatoms. The van der Waals surface area contributed by atoms with E-state index < -0.39 is 21.9 Å². The zero-order valence-corrected chi connectivity index (χ0v) is 19.5. The monoisotopic (exact) mass is 490 g/mol. The lowest BCUT2D eigenvalue weighted by Crippen LogP contribution is -2.40. The van der Waals surface area contributed by atoms with Crippen LogP contribution in [0.5, 0.6) is 0 Å². The van der Waals surface area contributed by atoms with Crippen molar-refractivity contribution in [2.75, 3.05) is 32.8 Å². The van der Waals surface area contributed by atoms with E-state index in [0.717, 1.165) is 11.9 Å². The van der Waals surface area contributed by atoms with Crippen molar-refractivity contribution < 1.29 is 31.9 Å². The molecule has 3 heterocycles. The Morgan fingerprint density at radius 2 is 2.00 bits per heavy atom. The van der Waals surface area contributed by atoms with Crippen LogP contribution in [0.1, 0.15) is 29.7 Å². The van der Waals surface area contributed by atoms with Crippen molar-refractivity contribution in [3.8, 4) is 0 Å². The molecule has 0 bridgehead atoms. The highest BCUT2D eigenvalue weighted by atomic mass is 32.2. The Morgan fingerprint density at radius 1 is 1.21 bits per heavy atom. The molecule has 1 saturated heterocycles. The van der Waals surface area contributed by atoms with Crippen LogP contribution in [-0.4, -0.2) is 67.0 Å². The molecule has 11 nitrogen and oxygen atoms in total. The van der Waals surface area contributed by atoms with Crippen LogP contribution in [0.4, 0.5) is 0 Å². The lowest BCUT2D eigenvalue weighted by Gasteiger charge is -2.26. The molecule has 1 aliphatic heterocycles. The molecule has 2 aromatic heterocycles. The number of aromatic nitrogens is 2. The molecule has 3 aromatic rings. The number of ether oxygens (including phenoxy) is 2. The van der Waals surface area contributed by atoms with Crippen molar-refractivity contribution in [3.05, 3.63) is 48.2 Å². The Bertz CT molecular complexity index is 1260. The summed E-state index contributed by atoms with van der Waals surface area (Å²) in [4.78, 5) is 28.7. The van der Waals surface area contributed by atoms with Crippen LogP contribution in [0, 0.1) is 0 Å². The number of carbonyl (C=O) groups is 2. The number of fused-ring (bicyclic) bond motifs is 1. The third-order valence-electron chi connectivity index (χ3n) is 5.35. The number of hydrogen-bond acceptors (Lipinski definition) is 8. The van der Waals surface area contributed by atoms with Gasteiger partial charge in [-0.2, -0.15) is 4.31 Å². The number of rotatable bonds is 9. The van der Waals surface area contributed by atoms with Gasteiger partial charge in [0.15, 0.2) is 5.76 Å². The molecule has 4 rings (SSSR count). The highest BCUT2D eigenvalue weighted by Gasteiger charge is 2.27. The molecule has 1 aliphatic rings. The molecule has 0 spiro atoms. The molecule has 1 N–H and O–H groups in total. The Labute approximate surface area is 196 Å². The van der Waals surface area contributed by atoms with E-state index in [4.69, 9.17) is 13.9 Å². The highest BCUT2D eigenvalue weighted by Crippen LogP contribution is 2.24. The number of carbonyl (C=O) groups excluding carboxylic acids is 2. The fraction of sp³-hybridized carbons (Fsp3) is 0.409. The van der Waals surface area contributed by atoms with Gasteiger partial charge in [0.2, 0.25) is 10.0 Å². The van der Waals surface area contributed by atoms with Crippen LogP contribution < -0.4 is 5.32 Å². The van der Waals surface area contributed by atoms with Crippen molar-refractivity contribution in [1.82, 2.24) is 19.2 Å². The van der Waals surface area contributed by atoms with Crippen molar-refractivity contribution in [2.24, 2.45) is 0 Å². The highest BCUT2D eigenvalue weighted by molar-refractivity contribution is 7.89. The number of nitrogens with zero attached hydrogens (tertiary/aromatic N) is 3. The maximum Gasteiger partial charge on any atom is 0.325 e. The molecule has 34 heavy (non-hydrogen) atoms. The molecule has 0 radical (unpaired) electrons. The fourth-order valence-electron chi connectivity index (χ4n) is 3.68. The van der Waals surface area contributed by atoms with Gasteiger partial charge in [-0.05, 0) is 36.8 Å². The molecule has 0 aliphatic carbocycles. The van der Waals surface area contributed by atoms with Crippen LogP contribution >= 0.6 is 0 Å². The number of aryl methyl sites for hydroxylation is 1. The zero-order chi connectivity index (χ0) is 24.1. The number of imidazole rings is 1. The van der Waals surface area contributed by atoms with Gasteiger partial charge in [-0.25, -0.2) is 13.4 Å². The average molecular weight is 491 g/mol. The normalized spacial score (nSPS) is 14.9. The second-order valence-electron chi connectivity index (χ2n) is 7.67. The molecule has 182 valence electrons. The Kier molecular flexibility index (Phi) is 7.29. The maximum absolute atomic E-state index is 13.0. The van der Waals surface area contributed by atoms with E-state index in [1.54, 1.807) is 24.3 Å². The minimum atomic E-state index is -3.66. The number of esters is 1. The number of morpholine rings is 1. The second kappa shape index (κ2) is 10.4. The van der Waals surface area contributed by atoms with Gasteiger partial charge in [-0.15, -0.1) is 0 Å². The molecule has 0 saturated carbocycles. The smallest absolute Gasteiger partial charge is 0.325 e. The lowest BCUT2D eigenvalue weighted by molar-refractivity contribution is -0.144. The predicted octanol–water partition coefficient (Wildman–Crippen LogP) is 1.53. The summed E-state index contributed by atoms with van der Waals surface area (Å²) in [6, 6.07) is 7.90. The van der Waals surface area contributed by atoms with E-state index in [1.807, 2.05) is 11.5 Å². The van der Waals surface area contributed by atoms with E-state index in [0.29, 0.717) is 44.2 Å². The number of nitrogens with one attached hydrogen (secondary N) is 1. The van der Waals surface area contributed by atoms with Gasteiger partial charge in [-0.3, -0.25) is 9.59 Å². The van der Waals surface area contributed by atoms with Gasteiger partial charge in [0.25, 0.3) is 5.91 Å². The summed E-state index contributed by atoms with van der Waals surface area (Å²) in [7, 11) is -3.66. The van der Waals surface area contributed by atoms with Gasteiger partial charge in [-0.1, -0.05) is 6.92 Å². The van der Waals surface area contributed by atoms with E-state index in [2.05, 4.69) is 10.3 Å². The van der Waals surface area contributed by atoms with E-state index in [9.17, 15) is 18.0 Å². The molecular weight excluding hydrogens is 464 g/mol. The summed E-state index contributed by atoms with van der Waals surface area (Å²) >= 11 is 0. The first-order valence-electron chi connectivity index (χ1n) is 10.9. The largest absolute Gasteiger partial charge is 0.459 e. The summed E-state index contributed by atoms with van der Waals surface area (Å²) in [6.45, 7) is 3.53. The number of amides is 1. The van der Waals surface area contributed by atoms with E-state index >= 15 is 0 Å². The first-order chi connectivity index (χ1) is 16.4. The van der Waals surface area contributed by atoms with Crippen molar-refractivity contribution in [1.29, 1.82) is 0 Å². The summed E-state index contributed by atoms with van der Waals surface area (Å²) < 4.78 is 44.8.